The number of carbonyl (C=O) groups excluding carboxylic acids is 1. The lowest BCUT2D eigenvalue weighted by Gasteiger charge is -2.16. The highest BCUT2D eigenvalue weighted by Crippen LogP contribution is 2.30. The highest BCUT2D eigenvalue weighted by Gasteiger charge is 2.23. The summed E-state index contributed by atoms with van der Waals surface area (Å²) in [7, 11) is 0. The molecule has 3 aromatic rings. The van der Waals surface area contributed by atoms with E-state index in [1.807, 2.05) is 42.5 Å². The summed E-state index contributed by atoms with van der Waals surface area (Å²) in [5, 5.41) is 3.39. The first-order valence-corrected chi connectivity index (χ1v) is 9.78. The average Bonchev–Trinajstić information content (AvgIpc) is 3.13. The van der Waals surface area contributed by atoms with Gasteiger partial charge in [-0.15, -0.1) is 0 Å². The van der Waals surface area contributed by atoms with Crippen LogP contribution in [0.1, 0.15) is 17.3 Å². The van der Waals surface area contributed by atoms with E-state index in [0.717, 1.165) is 34.2 Å². The molecule has 1 unspecified atom stereocenters. The maximum absolute atomic E-state index is 13.4. The minimum atomic E-state index is -0.348. The summed E-state index contributed by atoms with van der Waals surface area (Å²) >= 11 is 7.04. The number of halogens is 2. The molecule has 1 amide bonds. The molecule has 4 nitrogen and oxygen atoms in total. The fraction of sp³-hybridized carbons (Fsp3) is 0.0952. The predicted octanol–water partition coefficient (Wildman–Crippen LogP) is 5.68. The van der Waals surface area contributed by atoms with Crippen molar-refractivity contribution < 1.29 is 13.9 Å². The minimum Gasteiger partial charge on any atom is -0.489 e. The highest BCUT2D eigenvalue weighted by molar-refractivity contribution is 8.12. The molecule has 2 N–H and O–H groups in total. The molecule has 4 rings (SSSR count). The summed E-state index contributed by atoms with van der Waals surface area (Å²) in [4.78, 5) is 11.5. The number of ether oxygens (including phenoxy) is 1. The quantitative estimate of drug-likeness (QED) is 0.527. The Morgan fingerprint density at radius 3 is 2.61 bits per heavy atom. The van der Waals surface area contributed by atoms with Crippen LogP contribution < -0.4 is 14.8 Å². The summed E-state index contributed by atoms with van der Waals surface area (Å²) in [5.74, 6) is 0.106. The monoisotopic (exact) mass is 414 g/mol. The molecule has 28 heavy (non-hydrogen) atoms. The van der Waals surface area contributed by atoms with Gasteiger partial charge in [0.05, 0.1) is 0 Å². The summed E-state index contributed by atoms with van der Waals surface area (Å²) in [5.41, 5.74) is 3.80. The Morgan fingerprint density at radius 1 is 1.07 bits per heavy atom. The molecule has 0 bridgehead atoms. The topological polar surface area (TPSA) is 50.4 Å². The lowest BCUT2D eigenvalue weighted by atomic mass is 9.97. The van der Waals surface area contributed by atoms with Gasteiger partial charge in [-0.05, 0) is 52.6 Å². The minimum absolute atomic E-state index is 0.121. The zero-order chi connectivity index (χ0) is 19.5. The highest BCUT2D eigenvalue weighted by atomic mass is 35.5. The molecule has 1 aliphatic heterocycles. The van der Waals surface area contributed by atoms with Crippen LogP contribution in [0.3, 0.4) is 0 Å². The van der Waals surface area contributed by atoms with E-state index in [1.54, 1.807) is 12.1 Å². The molecule has 1 heterocycles. The number of nitrogens with one attached hydrogen (secondary N) is 2. The van der Waals surface area contributed by atoms with Crippen LogP contribution in [0.5, 0.6) is 5.75 Å². The maximum atomic E-state index is 13.4. The molecular weight excluding hydrogens is 399 g/mol. The van der Waals surface area contributed by atoms with E-state index < -0.39 is 0 Å². The molecule has 0 radical (unpaired) electrons. The van der Waals surface area contributed by atoms with Crippen LogP contribution in [-0.4, -0.2) is 5.24 Å². The fourth-order valence-corrected chi connectivity index (χ4v) is 3.70. The molecule has 1 aliphatic rings. The third-order valence-electron chi connectivity index (χ3n) is 4.34. The van der Waals surface area contributed by atoms with Gasteiger partial charge in [0.25, 0.3) is 5.24 Å². The number of benzene rings is 3. The Labute approximate surface area is 171 Å². The number of carbonyl (C=O) groups is 1. The molecule has 0 aromatic heterocycles. The first-order valence-electron chi connectivity index (χ1n) is 8.58. The standard InChI is InChI=1S/C21H16ClFN2O2S/c22-16-7-4-13(5-8-16)19-9-6-14(20-24-21(26)28-25-20)10-15(19)12-27-18-3-1-2-17(23)11-18/h1-11,20,25H,12H2,(H,24,26). The third-order valence-corrected chi connectivity index (χ3v) is 5.25. The number of amides is 1. The van der Waals surface area contributed by atoms with Crippen molar-refractivity contribution in [1.29, 1.82) is 0 Å². The molecule has 0 aliphatic carbocycles. The largest absolute Gasteiger partial charge is 0.489 e. The molecule has 0 saturated carbocycles. The van der Waals surface area contributed by atoms with Crippen molar-refractivity contribution >= 4 is 28.8 Å². The Morgan fingerprint density at radius 2 is 1.89 bits per heavy atom. The van der Waals surface area contributed by atoms with E-state index in [-0.39, 0.29) is 23.8 Å². The van der Waals surface area contributed by atoms with Crippen molar-refractivity contribution in [3.63, 3.8) is 0 Å². The van der Waals surface area contributed by atoms with Crippen LogP contribution in [0, 0.1) is 5.82 Å². The second-order valence-electron chi connectivity index (χ2n) is 6.25. The van der Waals surface area contributed by atoms with E-state index in [2.05, 4.69) is 10.0 Å². The summed E-state index contributed by atoms with van der Waals surface area (Å²) in [6, 6.07) is 19.5. The third kappa shape index (κ3) is 4.30. The molecule has 0 spiro atoms. The smallest absolute Gasteiger partial charge is 0.295 e. The molecular formula is C21H16ClFN2O2S. The normalized spacial score (nSPS) is 16.1. The average molecular weight is 415 g/mol. The second kappa shape index (κ2) is 8.22. The number of rotatable bonds is 5. The van der Waals surface area contributed by atoms with Gasteiger partial charge in [0.2, 0.25) is 0 Å². The van der Waals surface area contributed by atoms with E-state index >= 15 is 0 Å². The van der Waals surface area contributed by atoms with Crippen molar-refractivity contribution in [3.05, 3.63) is 88.7 Å². The van der Waals surface area contributed by atoms with Crippen molar-refractivity contribution in [2.45, 2.75) is 12.8 Å². The molecule has 3 aromatic carbocycles. The molecule has 1 atom stereocenters. The van der Waals surface area contributed by atoms with E-state index in [9.17, 15) is 9.18 Å². The Bertz CT molecular complexity index is 1010. The number of hydrogen-bond donors (Lipinski definition) is 2. The van der Waals surface area contributed by atoms with E-state index in [4.69, 9.17) is 16.3 Å². The maximum Gasteiger partial charge on any atom is 0.295 e. The van der Waals surface area contributed by atoms with Gasteiger partial charge in [0, 0.05) is 23.0 Å². The van der Waals surface area contributed by atoms with Crippen LogP contribution >= 0.6 is 23.5 Å². The molecule has 7 heteroatoms. The number of hydrogen-bond acceptors (Lipinski definition) is 4. The van der Waals surface area contributed by atoms with Gasteiger partial charge in [-0.25, -0.2) is 9.11 Å². The zero-order valence-corrected chi connectivity index (χ0v) is 16.2. The summed E-state index contributed by atoms with van der Waals surface area (Å²) in [6.07, 6.45) is -0.273. The lowest BCUT2D eigenvalue weighted by Crippen LogP contribution is -2.22. The summed E-state index contributed by atoms with van der Waals surface area (Å²) < 4.78 is 22.3. The van der Waals surface area contributed by atoms with Crippen molar-refractivity contribution in [2.24, 2.45) is 0 Å². The molecule has 142 valence electrons. The van der Waals surface area contributed by atoms with Crippen molar-refractivity contribution in [2.75, 3.05) is 0 Å². The summed E-state index contributed by atoms with van der Waals surface area (Å²) in [6.45, 7) is 0.253. The second-order valence-corrected chi connectivity index (χ2v) is 7.50. The van der Waals surface area contributed by atoms with Crippen LogP contribution in [-0.2, 0) is 6.61 Å². The van der Waals surface area contributed by atoms with Gasteiger partial charge in [-0.3, -0.25) is 4.79 Å². The van der Waals surface area contributed by atoms with E-state index in [1.165, 1.54) is 12.1 Å². The first-order chi connectivity index (χ1) is 13.6. The molecule has 1 saturated heterocycles. The van der Waals surface area contributed by atoms with Crippen LogP contribution in [0.4, 0.5) is 9.18 Å². The Balaban J connectivity index is 1.66. The lowest BCUT2D eigenvalue weighted by molar-refractivity contribution is 0.259. The predicted molar refractivity (Wildman–Crippen MR) is 110 cm³/mol. The Hall–Kier alpha value is -2.54. The van der Waals surface area contributed by atoms with Crippen LogP contribution in [0.25, 0.3) is 11.1 Å². The Kier molecular flexibility index (Phi) is 5.52. The van der Waals surface area contributed by atoms with Gasteiger partial charge in [0.15, 0.2) is 0 Å². The van der Waals surface area contributed by atoms with Crippen LogP contribution in [0.15, 0.2) is 66.7 Å². The first kappa shape index (κ1) is 18.8. The SMILES string of the molecule is O=C1NC(c2ccc(-c3ccc(Cl)cc3)c(COc3cccc(F)c3)c2)NS1. The van der Waals surface area contributed by atoms with Crippen molar-refractivity contribution in [3.8, 4) is 16.9 Å². The van der Waals surface area contributed by atoms with Gasteiger partial charge >= 0.3 is 0 Å². The zero-order valence-electron chi connectivity index (χ0n) is 14.6. The fourth-order valence-electron chi connectivity index (χ4n) is 2.98. The molecule has 1 fully saturated rings. The van der Waals surface area contributed by atoms with Crippen LogP contribution in [0.2, 0.25) is 5.02 Å². The van der Waals surface area contributed by atoms with E-state index in [0.29, 0.717) is 10.8 Å². The van der Waals surface area contributed by atoms with Gasteiger partial charge < -0.3 is 10.1 Å². The van der Waals surface area contributed by atoms with Gasteiger partial charge in [-0.1, -0.05) is 41.9 Å². The van der Waals surface area contributed by atoms with Gasteiger partial charge in [-0.2, -0.15) is 0 Å². The van der Waals surface area contributed by atoms with Crippen molar-refractivity contribution in [1.82, 2.24) is 10.0 Å². The van der Waals surface area contributed by atoms with Gasteiger partial charge in [0.1, 0.15) is 24.3 Å².